The number of benzene rings is 1. The van der Waals surface area contributed by atoms with Crippen LogP contribution in [0.5, 0.6) is 0 Å². The summed E-state index contributed by atoms with van der Waals surface area (Å²) in [5, 5.41) is 0. The highest BCUT2D eigenvalue weighted by molar-refractivity contribution is 5.71. The first kappa shape index (κ1) is 18.4. The zero-order valence-electron chi connectivity index (χ0n) is 17.0. The van der Waals surface area contributed by atoms with E-state index in [9.17, 15) is 0 Å². The van der Waals surface area contributed by atoms with Gasteiger partial charge in [0.05, 0.1) is 17.6 Å². The second kappa shape index (κ2) is 7.06. The summed E-state index contributed by atoms with van der Waals surface area (Å²) < 4.78 is 4.23. The van der Waals surface area contributed by atoms with Crippen LogP contribution in [-0.4, -0.2) is 9.67 Å². The molecule has 0 N–H and O–H groups in total. The molecular formula is C23H30N3+. The van der Waals surface area contributed by atoms with Gasteiger partial charge >= 0.3 is 0 Å². The fourth-order valence-corrected chi connectivity index (χ4v) is 3.80. The second-order valence-corrected chi connectivity index (χ2v) is 7.79. The molecule has 0 aliphatic heterocycles. The second-order valence-electron chi connectivity index (χ2n) is 7.79. The molecule has 3 rings (SSSR count). The number of aryl methyl sites for hydroxylation is 3. The first-order valence-electron chi connectivity index (χ1n) is 9.46. The zero-order valence-corrected chi connectivity index (χ0v) is 17.0. The van der Waals surface area contributed by atoms with Gasteiger partial charge in [0, 0.05) is 11.6 Å². The van der Waals surface area contributed by atoms with E-state index in [1.165, 1.54) is 22.3 Å². The number of rotatable bonds is 4. The molecule has 0 atom stereocenters. The fraction of sp³-hybridized carbons (Fsp3) is 0.391. The maximum Gasteiger partial charge on any atom is 0.195 e. The monoisotopic (exact) mass is 348 g/mol. The summed E-state index contributed by atoms with van der Waals surface area (Å²) in [5.74, 6) is 0.932. The molecule has 26 heavy (non-hydrogen) atoms. The molecule has 0 aliphatic rings. The maximum atomic E-state index is 5.05. The van der Waals surface area contributed by atoms with Gasteiger partial charge in [-0.1, -0.05) is 45.9 Å². The van der Waals surface area contributed by atoms with Gasteiger partial charge in [-0.05, 0) is 48.4 Å². The van der Waals surface area contributed by atoms with E-state index in [0.717, 1.165) is 17.1 Å². The van der Waals surface area contributed by atoms with E-state index in [1.54, 1.807) is 0 Å². The summed E-state index contributed by atoms with van der Waals surface area (Å²) in [5.41, 5.74) is 8.62. The molecular weight excluding hydrogens is 318 g/mol. The minimum Gasteiger partial charge on any atom is -0.251 e. The molecule has 0 amide bonds. The number of nitrogens with zero attached hydrogens (tertiary/aromatic N) is 3. The molecule has 0 saturated carbocycles. The summed E-state index contributed by atoms with van der Waals surface area (Å²) in [6, 6.07) is 11.0. The summed E-state index contributed by atoms with van der Waals surface area (Å²) >= 11 is 0. The highest BCUT2D eigenvalue weighted by Crippen LogP contribution is 2.36. The Morgan fingerprint density at radius 1 is 0.962 bits per heavy atom. The average molecular weight is 349 g/mol. The van der Waals surface area contributed by atoms with Gasteiger partial charge in [0.25, 0.3) is 0 Å². The van der Waals surface area contributed by atoms with Gasteiger partial charge in [-0.15, -0.1) is 9.36 Å². The smallest absolute Gasteiger partial charge is 0.195 e. The fourth-order valence-electron chi connectivity index (χ4n) is 3.80. The molecule has 0 spiro atoms. The standard InChI is InChI=1S/C23H30N3/c1-15(2)19-10-8-11-20(16(3)4)22(19)21-14-17(5)23(18(6)24-21)26-13-9-12-25(26)7/h8-16H,1-7H3/q+1. The van der Waals surface area contributed by atoms with E-state index in [-0.39, 0.29) is 0 Å². The first-order valence-corrected chi connectivity index (χ1v) is 9.46. The summed E-state index contributed by atoms with van der Waals surface area (Å²) in [6.07, 6.45) is 4.13. The lowest BCUT2D eigenvalue weighted by Gasteiger charge is -2.20. The molecule has 0 unspecified atom stereocenters. The first-order chi connectivity index (χ1) is 12.3. The maximum absolute atomic E-state index is 5.05. The predicted octanol–water partition coefficient (Wildman–Crippen LogP) is 5.23. The van der Waals surface area contributed by atoms with Gasteiger partial charge in [-0.2, -0.15) is 0 Å². The Morgan fingerprint density at radius 3 is 2.04 bits per heavy atom. The molecule has 3 nitrogen and oxygen atoms in total. The van der Waals surface area contributed by atoms with E-state index < -0.39 is 0 Å². The third kappa shape index (κ3) is 3.18. The molecule has 3 heteroatoms. The Labute approximate surface area is 157 Å². The molecule has 3 aromatic rings. The largest absolute Gasteiger partial charge is 0.251 e. The van der Waals surface area contributed by atoms with Crippen molar-refractivity contribution in [2.24, 2.45) is 7.05 Å². The quantitative estimate of drug-likeness (QED) is 0.592. The van der Waals surface area contributed by atoms with Gasteiger partial charge in [0.15, 0.2) is 13.2 Å². The van der Waals surface area contributed by atoms with E-state index in [0.29, 0.717) is 11.8 Å². The molecule has 136 valence electrons. The topological polar surface area (TPSA) is 21.7 Å². The normalized spacial score (nSPS) is 11.6. The van der Waals surface area contributed by atoms with Crippen LogP contribution >= 0.6 is 0 Å². The third-order valence-corrected chi connectivity index (χ3v) is 5.08. The van der Waals surface area contributed by atoms with Crippen LogP contribution in [0.2, 0.25) is 0 Å². The molecule has 0 saturated heterocycles. The number of aromatic nitrogens is 3. The summed E-state index contributed by atoms with van der Waals surface area (Å²) in [6.45, 7) is 13.3. The van der Waals surface area contributed by atoms with Crippen LogP contribution in [0.1, 0.15) is 61.9 Å². The highest BCUT2D eigenvalue weighted by atomic mass is 15.4. The Morgan fingerprint density at radius 2 is 1.58 bits per heavy atom. The van der Waals surface area contributed by atoms with Crippen molar-refractivity contribution in [3.8, 4) is 16.9 Å². The van der Waals surface area contributed by atoms with Crippen LogP contribution in [0.25, 0.3) is 16.9 Å². The van der Waals surface area contributed by atoms with Gasteiger partial charge in [-0.3, -0.25) is 4.98 Å². The van der Waals surface area contributed by atoms with Crippen LogP contribution in [0, 0.1) is 13.8 Å². The zero-order chi connectivity index (χ0) is 19.0. The molecule has 0 radical (unpaired) electrons. The third-order valence-electron chi connectivity index (χ3n) is 5.08. The minimum absolute atomic E-state index is 0.466. The van der Waals surface area contributed by atoms with E-state index in [1.807, 2.05) is 0 Å². The van der Waals surface area contributed by atoms with Gasteiger partial charge in [0.1, 0.15) is 5.69 Å². The average Bonchev–Trinajstić information content (AvgIpc) is 2.99. The van der Waals surface area contributed by atoms with Crippen molar-refractivity contribution in [2.75, 3.05) is 0 Å². The van der Waals surface area contributed by atoms with Crippen molar-refractivity contribution < 1.29 is 4.68 Å². The van der Waals surface area contributed by atoms with E-state index >= 15 is 0 Å². The van der Waals surface area contributed by atoms with Crippen molar-refractivity contribution in [3.05, 3.63) is 65.1 Å². The Hall–Kier alpha value is -2.42. The number of pyridine rings is 1. The van der Waals surface area contributed by atoms with Gasteiger partial charge < -0.3 is 0 Å². The lowest BCUT2D eigenvalue weighted by molar-refractivity contribution is -0.744. The molecule has 2 aromatic heterocycles. The molecule has 0 fully saturated rings. The minimum atomic E-state index is 0.466. The Kier molecular flexibility index (Phi) is 4.99. The van der Waals surface area contributed by atoms with Crippen LogP contribution < -0.4 is 4.68 Å². The van der Waals surface area contributed by atoms with Crippen molar-refractivity contribution in [3.63, 3.8) is 0 Å². The summed E-state index contributed by atoms with van der Waals surface area (Å²) in [7, 11) is 2.05. The van der Waals surface area contributed by atoms with Crippen LogP contribution in [0.15, 0.2) is 42.7 Å². The Balaban J connectivity index is 2.25. The SMILES string of the molecule is Cc1cc(-c2c(C(C)C)cccc2C(C)C)nc(C)c1-n1ccc[n+]1C. The van der Waals surface area contributed by atoms with Gasteiger partial charge in [0.2, 0.25) is 0 Å². The van der Waals surface area contributed by atoms with Gasteiger partial charge in [-0.25, -0.2) is 0 Å². The van der Waals surface area contributed by atoms with E-state index in [4.69, 9.17) is 4.98 Å². The predicted molar refractivity (Wildman–Crippen MR) is 108 cm³/mol. The number of hydrogen-bond donors (Lipinski definition) is 0. The lowest BCUT2D eigenvalue weighted by atomic mass is 9.86. The van der Waals surface area contributed by atoms with Crippen molar-refractivity contribution in [1.29, 1.82) is 0 Å². The Bertz CT molecular complexity index is 883. The summed E-state index contributed by atoms with van der Waals surface area (Å²) in [4.78, 5) is 5.05. The molecule has 0 bridgehead atoms. The lowest BCUT2D eigenvalue weighted by Crippen LogP contribution is -2.37. The van der Waals surface area contributed by atoms with Crippen LogP contribution in [0.3, 0.4) is 0 Å². The van der Waals surface area contributed by atoms with Crippen LogP contribution in [-0.2, 0) is 7.05 Å². The molecule has 0 aliphatic carbocycles. The molecule has 1 aromatic carbocycles. The van der Waals surface area contributed by atoms with Crippen LogP contribution in [0.4, 0.5) is 0 Å². The number of hydrogen-bond acceptors (Lipinski definition) is 1. The van der Waals surface area contributed by atoms with Crippen molar-refractivity contribution in [1.82, 2.24) is 9.67 Å². The van der Waals surface area contributed by atoms with Crippen molar-refractivity contribution in [2.45, 2.75) is 53.4 Å². The van der Waals surface area contributed by atoms with E-state index in [2.05, 4.69) is 101 Å². The molecule has 2 heterocycles. The van der Waals surface area contributed by atoms with Crippen molar-refractivity contribution >= 4 is 0 Å². The highest BCUT2D eigenvalue weighted by Gasteiger charge is 2.20.